The van der Waals surface area contributed by atoms with Crippen LogP contribution in [0, 0.1) is 0 Å². The smallest absolute Gasteiger partial charge is 0.0799 e. The molecule has 2 heterocycles. The van der Waals surface area contributed by atoms with E-state index in [9.17, 15) is 0 Å². The van der Waals surface area contributed by atoms with Crippen LogP contribution in [0.3, 0.4) is 0 Å². The summed E-state index contributed by atoms with van der Waals surface area (Å²) >= 11 is 2.03. The van der Waals surface area contributed by atoms with Crippen molar-refractivity contribution >= 4 is 23.1 Å². The molecule has 110 valence electrons. The monoisotopic (exact) mass is 292 g/mol. The summed E-state index contributed by atoms with van der Waals surface area (Å²) in [6.45, 7) is 0.891. The Labute approximate surface area is 126 Å². The molecule has 0 radical (unpaired) electrons. The molecule has 0 bridgehead atoms. The van der Waals surface area contributed by atoms with Crippen LogP contribution >= 0.6 is 11.8 Å². The summed E-state index contributed by atoms with van der Waals surface area (Å²) in [6, 6.07) is 9.09. The maximum atomic E-state index is 6.10. The van der Waals surface area contributed by atoms with Crippen molar-refractivity contribution in [2.24, 2.45) is 0 Å². The van der Waals surface area contributed by atoms with E-state index in [0.717, 1.165) is 19.4 Å². The summed E-state index contributed by atoms with van der Waals surface area (Å²) in [5.41, 5.74) is 2.65. The zero-order valence-electron chi connectivity index (χ0n) is 12.4. The van der Waals surface area contributed by atoms with Crippen molar-refractivity contribution in [3.63, 3.8) is 0 Å². The minimum absolute atomic E-state index is 0.146. The van der Waals surface area contributed by atoms with Gasteiger partial charge in [-0.25, -0.2) is 0 Å². The zero-order valence-corrected chi connectivity index (χ0v) is 13.2. The van der Waals surface area contributed by atoms with Crippen LogP contribution < -0.4 is 10.2 Å². The van der Waals surface area contributed by atoms with Gasteiger partial charge in [-0.05, 0) is 37.1 Å². The van der Waals surface area contributed by atoms with E-state index >= 15 is 0 Å². The highest BCUT2D eigenvalue weighted by Gasteiger charge is 2.40. The van der Waals surface area contributed by atoms with Crippen LogP contribution in [0.4, 0.5) is 11.4 Å². The number of hydrogen-bond donors (Lipinski definition) is 1. The first-order valence-electron chi connectivity index (χ1n) is 7.43. The molecular formula is C16H24N2OS. The number of benzene rings is 1. The molecule has 2 fully saturated rings. The van der Waals surface area contributed by atoms with Gasteiger partial charge >= 0.3 is 0 Å². The van der Waals surface area contributed by atoms with Crippen molar-refractivity contribution < 1.29 is 4.74 Å². The Morgan fingerprint density at radius 1 is 1.35 bits per heavy atom. The summed E-state index contributed by atoms with van der Waals surface area (Å²) in [5.74, 6) is 2.42. The topological polar surface area (TPSA) is 24.5 Å². The van der Waals surface area contributed by atoms with Crippen molar-refractivity contribution in [3.05, 3.63) is 24.3 Å². The molecule has 4 heteroatoms. The minimum Gasteiger partial charge on any atom is -0.380 e. The molecular weight excluding hydrogens is 268 g/mol. The summed E-state index contributed by atoms with van der Waals surface area (Å²) in [4.78, 5) is 2.17. The number of hydrogen-bond acceptors (Lipinski definition) is 4. The Kier molecular flexibility index (Phi) is 4.13. The van der Waals surface area contributed by atoms with Crippen LogP contribution in [0.25, 0.3) is 0 Å². The third-order valence-corrected chi connectivity index (χ3v) is 5.53. The molecule has 1 aromatic rings. The molecule has 20 heavy (non-hydrogen) atoms. The van der Waals surface area contributed by atoms with E-state index in [1.54, 1.807) is 0 Å². The van der Waals surface area contributed by atoms with Gasteiger partial charge in [-0.15, -0.1) is 0 Å². The molecule has 0 aromatic heterocycles. The lowest BCUT2D eigenvalue weighted by atomic mass is 9.89. The number of nitrogens with zero attached hydrogens (tertiary/aromatic N) is 1. The van der Waals surface area contributed by atoms with E-state index < -0.39 is 0 Å². The molecule has 3 rings (SSSR count). The Bertz CT molecular complexity index is 458. The Balaban J connectivity index is 1.71. The van der Waals surface area contributed by atoms with Gasteiger partial charge in [0.25, 0.3) is 0 Å². The van der Waals surface area contributed by atoms with Crippen LogP contribution in [0.1, 0.15) is 19.3 Å². The molecule has 2 saturated heterocycles. The zero-order chi connectivity index (χ0) is 14.0. The second kappa shape index (κ2) is 5.86. The largest absolute Gasteiger partial charge is 0.380 e. The molecule has 0 amide bonds. The van der Waals surface area contributed by atoms with Crippen molar-refractivity contribution in [1.29, 1.82) is 0 Å². The van der Waals surface area contributed by atoms with Crippen molar-refractivity contribution in [1.82, 2.24) is 0 Å². The first-order valence-corrected chi connectivity index (χ1v) is 8.59. The Hall–Kier alpha value is -0.870. The SMILES string of the molecule is CN(C)c1ccccc1NC1CCOC2(CCSC2)C1. The van der Waals surface area contributed by atoms with Gasteiger partial charge in [0.2, 0.25) is 0 Å². The van der Waals surface area contributed by atoms with Crippen LogP contribution in [-0.2, 0) is 4.74 Å². The van der Waals surface area contributed by atoms with Crippen LogP contribution in [0.15, 0.2) is 24.3 Å². The molecule has 0 saturated carbocycles. The maximum absolute atomic E-state index is 6.10. The van der Waals surface area contributed by atoms with E-state index in [2.05, 4.69) is 48.6 Å². The fourth-order valence-electron chi connectivity index (χ4n) is 3.22. The Morgan fingerprint density at radius 3 is 2.95 bits per heavy atom. The van der Waals surface area contributed by atoms with E-state index in [0.29, 0.717) is 6.04 Å². The van der Waals surface area contributed by atoms with Crippen LogP contribution in [0.5, 0.6) is 0 Å². The molecule has 1 N–H and O–H groups in total. The van der Waals surface area contributed by atoms with Gasteiger partial charge in [0.05, 0.1) is 17.0 Å². The highest BCUT2D eigenvalue weighted by Crippen LogP contribution is 2.39. The minimum atomic E-state index is 0.146. The highest BCUT2D eigenvalue weighted by molar-refractivity contribution is 7.99. The fourth-order valence-corrected chi connectivity index (χ4v) is 4.60. The lowest BCUT2D eigenvalue weighted by Gasteiger charge is -2.38. The van der Waals surface area contributed by atoms with Gasteiger partial charge in [-0.2, -0.15) is 11.8 Å². The van der Waals surface area contributed by atoms with Crippen molar-refractivity contribution in [3.8, 4) is 0 Å². The van der Waals surface area contributed by atoms with E-state index in [4.69, 9.17) is 4.74 Å². The molecule has 0 aliphatic carbocycles. The highest BCUT2D eigenvalue weighted by atomic mass is 32.2. The van der Waals surface area contributed by atoms with Gasteiger partial charge < -0.3 is 15.0 Å². The van der Waals surface area contributed by atoms with Gasteiger partial charge in [0, 0.05) is 32.5 Å². The summed E-state index contributed by atoms with van der Waals surface area (Å²) in [7, 11) is 4.19. The van der Waals surface area contributed by atoms with Gasteiger partial charge in [-0.3, -0.25) is 0 Å². The van der Waals surface area contributed by atoms with Gasteiger partial charge in [-0.1, -0.05) is 12.1 Å². The predicted molar refractivity (Wildman–Crippen MR) is 88.0 cm³/mol. The first-order chi connectivity index (χ1) is 9.69. The average Bonchev–Trinajstić information content (AvgIpc) is 2.87. The number of para-hydroxylation sites is 2. The fraction of sp³-hybridized carbons (Fsp3) is 0.625. The molecule has 3 nitrogen and oxygen atoms in total. The first kappa shape index (κ1) is 14.1. The third-order valence-electron chi connectivity index (χ3n) is 4.31. The number of thioether (sulfide) groups is 1. The number of anilines is 2. The molecule has 2 aliphatic rings. The Morgan fingerprint density at radius 2 is 2.20 bits per heavy atom. The van der Waals surface area contributed by atoms with Crippen LogP contribution in [-0.4, -0.2) is 43.9 Å². The van der Waals surface area contributed by atoms with E-state index in [-0.39, 0.29) is 5.60 Å². The normalized spacial score (nSPS) is 29.6. The number of rotatable bonds is 3. The van der Waals surface area contributed by atoms with E-state index in [1.165, 1.54) is 29.3 Å². The maximum Gasteiger partial charge on any atom is 0.0799 e. The lowest BCUT2D eigenvalue weighted by Crippen LogP contribution is -2.44. The molecule has 2 atom stereocenters. The average molecular weight is 292 g/mol. The van der Waals surface area contributed by atoms with Gasteiger partial charge in [0.1, 0.15) is 0 Å². The summed E-state index contributed by atoms with van der Waals surface area (Å²) in [5, 5.41) is 3.75. The van der Waals surface area contributed by atoms with Gasteiger partial charge in [0.15, 0.2) is 0 Å². The standard InChI is InChI=1S/C16H24N2OS/c1-18(2)15-6-4-3-5-14(15)17-13-7-9-19-16(11-13)8-10-20-12-16/h3-6,13,17H,7-12H2,1-2H3. The summed E-state index contributed by atoms with van der Waals surface area (Å²) < 4.78 is 6.10. The number of ether oxygens (including phenoxy) is 1. The second-order valence-corrected chi connectivity index (χ2v) is 7.18. The third kappa shape index (κ3) is 2.91. The predicted octanol–water partition coefficient (Wildman–Crippen LogP) is 3.22. The molecule has 2 unspecified atom stereocenters. The molecule has 1 spiro atoms. The quantitative estimate of drug-likeness (QED) is 0.924. The molecule has 2 aliphatic heterocycles. The van der Waals surface area contributed by atoms with Crippen molar-refractivity contribution in [2.75, 3.05) is 42.4 Å². The van der Waals surface area contributed by atoms with Crippen LogP contribution in [0.2, 0.25) is 0 Å². The summed E-state index contributed by atoms with van der Waals surface area (Å²) in [6.07, 6.45) is 3.46. The second-order valence-electron chi connectivity index (χ2n) is 6.08. The number of nitrogens with one attached hydrogen (secondary N) is 1. The van der Waals surface area contributed by atoms with E-state index in [1.807, 2.05) is 11.8 Å². The van der Waals surface area contributed by atoms with Crippen molar-refractivity contribution in [2.45, 2.75) is 30.9 Å². The lowest BCUT2D eigenvalue weighted by molar-refractivity contribution is -0.0628. The molecule has 1 aromatic carbocycles.